The minimum absolute atomic E-state index is 0.116. The number of hydrogen-bond acceptors (Lipinski definition) is 5. The number of aliphatic imine (C=N–C) groups is 1. The Morgan fingerprint density at radius 1 is 1.10 bits per heavy atom. The lowest BCUT2D eigenvalue weighted by Crippen LogP contribution is -2.28. The fourth-order valence-corrected chi connectivity index (χ4v) is 4.22. The van der Waals surface area contributed by atoms with Crippen molar-refractivity contribution in [3.8, 4) is 5.75 Å². The van der Waals surface area contributed by atoms with Crippen LogP contribution in [0.5, 0.6) is 5.75 Å². The van der Waals surface area contributed by atoms with E-state index in [1.165, 1.54) is 11.8 Å². The van der Waals surface area contributed by atoms with Crippen molar-refractivity contribution in [2.45, 2.75) is 6.54 Å². The summed E-state index contributed by atoms with van der Waals surface area (Å²) in [7, 11) is 0. The van der Waals surface area contributed by atoms with Gasteiger partial charge in [0.2, 0.25) is 0 Å². The fraction of sp³-hybridized carbons (Fsp3) is 0.0476. The lowest BCUT2D eigenvalue weighted by atomic mass is 10.2. The number of halogens is 2. The topological polar surface area (TPSA) is 66.0 Å². The highest BCUT2D eigenvalue weighted by Gasteiger charge is 2.34. The molecule has 1 aliphatic heterocycles. The number of amides is 1. The first-order valence-electron chi connectivity index (χ1n) is 8.57. The predicted octanol–water partition coefficient (Wildman–Crippen LogP) is 6.10. The summed E-state index contributed by atoms with van der Waals surface area (Å²) in [5.74, 6) is 0.254. The number of carbonyl (C=O) groups excluding carboxylic acids is 1. The van der Waals surface area contributed by atoms with Gasteiger partial charge in [0.05, 0.1) is 33.4 Å². The Kier molecular flexibility index (Phi) is 5.67. The maximum absolute atomic E-state index is 13.1. The minimum atomic E-state index is -0.207. The Morgan fingerprint density at radius 2 is 1.83 bits per heavy atom. The molecule has 1 aliphatic rings. The van der Waals surface area contributed by atoms with Gasteiger partial charge >= 0.3 is 0 Å². The number of benzene rings is 2. The average Bonchev–Trinajstić information content (AvgIpc) is 3.31. The Morgan fingerprint density at radius 3 is 2.48 bits per heavy atom. The second-order valence-electron chi connectivity index (χ2n) is 6.14. The molecule has 5 nitrogen and oxygen atoms in total. The number of phenolic OH excluding ortho intramolecular Hbond substituents is 1. The van der Waals surface area contributed by atoms with Crippen LogP contribution in [0.15, 0.2) is 75.2 Å². The number of aromatic hydroxyl groups is 1. The van der Waals surface area contributed by atoms with Gasteiger partial charge in [0.1, 0.15) is 5.76 Å². The van der Waals surface area contributed by atoms with Crippen LogP contribution in [0, 0.1) is 0 Å². The molecule has 0 radical (unpaired) electrons. The molecule has 0 saturated carbocycles. The number of furan rings is 1. The van der Waals surface area contributed by atoms with Crippen LogP contribution in [-0.4, -0.2) is 21.1 Å². The highest BCUT2D eigenvalue weighted by atomic mass is 35.5. The molecule has 1 N–H and O–H groups in total. The van der Waals surface area contributed by atoms with E-state index in [-0.39, 0.29) is 28.2 Å². The quantitative estimate of drug-likeness (QED) is 0.493. The Hall–Kier alpha value is -2.67. The molecule has 29 heavy (non-hydrogen) atoms. The van der Waals surface area contributed by atoms with E-state index in [1.54, 1.807) is 41.5 Å². The zero-order valence-corrected chi connectivity index (χ0v) is 17.2. The summed E-state index contributed by atoms with van der Waals surface area (Å²) in [6, 6.07) is 16.1. The van der Waals surface area contributed by atoms with Crippen molar-refractivity contribution < 1.29 is 14.3 Å². The molecule has 2 heterocycles. The van der Waals surface area contributed by atoms with Gasteiger partial charge in [-0.3, -0.25) is 9.69 Å². The molecule has 146 valence electrons. The number of phenols is 1. The second-order valence-corrected chi connectivity index (χ2v) is 7.97. The van der Waals surface area contributed by atoms with E-state index in [4.69, 9.17) is 27.6 Å². The van der Waals surface area contributed by atoms with Crippen molar-refractivity contribution in [3.63, 3.8) is 0 Å². The Bertz CT molecular complexity index is 1090. The summed E-state index contributed by atoms with van der Waals surface area (Å²) >= 11 is 13.2. The van der Waals surface area contributed by atoms with Gasteiger partial charge in [0.25, 0.3) is 5.91 Å². The van der Waals surface area contributed by atoms with E-state index in [0.29, 0.717) is 21.4 Å². The van der Waals surface area contributed by atoms with Gasteiger partial charge in [-0.25, -0.2) is 4.99 Å². The van der Waals surface area contributed by atoms with Crippen LogP contribution in [-0.2, 0) is 11.3 Å². The molecule has 4 rings (SSSR count). The van der Waals surface area contributed by atoms with Crippen LogP contribution in [0.2, 0.25) is 10.0 Å². The zero-order valence-electron chi connectivity index (χ0n) is 14.9. The molecule has 1 saturated heterocycles. The number of hydrogen-bond donors (Lipinski definition) is 1. The summed E-state index contributed by atoms with van der Waals surface area (Å²) in [4.78, 5) is 19.7. The van der Waals surface area contributed by atoms with Crippen LogP contribution in [0.3, 0.4) is 0 Å². The Labute approximate surface area is 181 Å². The number of rotatable bonds is 4. The van der Waals surface area contributed by atoms with Crippen LogP contribution in [0.4, 0.5) is 5.69 Å². The number of carbonyl (C=O) groups is 1. The smallest absolute Gasteiger partial charge is 0.267 e. The lowest BCUT2D eigenvalue weighted by Gasteiger charge is -2.13. The molecule has 1 amide bonds. The van der Waals surface area contributed by atoms with Crippen LogP contribution in [0.1, 0.15) is 11.3 Å². The van der Waals surface area contributed by atoms with Gasteiger partial charge in [0.15, 0.2) is 10.9 Å². The van der Waals surface area contributed by atoms with Gasteiger partial charge in [0, 0.05) is 0 Å². The molecule has 0 bridgehead atoms. The summed E-state index contributed by atoms with van der Waals surface area (Å²) < 4.78 is 5.40. The molecular weight excluding hydrogens is 431 g/mol. The van der Waals surface area contributed by atoms with Crippen LogP contribution in [0.25, 0.3) is 6.08 Å². The molecule has 0 aliphatic carbocycles. The molecule has 1 fully saturated rings. The standard InChI is InChI=1S/C21H14Cl2N2O3S/c22-16-9-13(10-17(23)19(16)26)11-18-20(27)25(12-15-7-4-8-28-15)21(29-18)24-14-5-2-1-3-6-14/h1-11,26H,12H2/b18-11+,24-21?. The van der Waals surface area contributed by atoms with Gasteiger partial charge < -0.3 is 9.52 Å². The molecule has 1 aromatic heterocycles. The number of thioether (sulfide) groups is 1. The summed E-state index contributed by atoms with van der Waals surface area (Å²) in [5, 5.41) is 10.5. The minimum Gasteiger partial charge on any atom is -0.505 e. The molecular formula is C21H14Cl2N2O3S. The van der Waals surface area contributed by atoms with Gasteiger partial charge in [-0.05, 0) is 59.8 Å². The normalized spacial score (nSPS) is 16.9. The predicted molar refractivity (Wildman–Crippen MR) is 116 cm³/mol. The molecule has 8 heteroatoms. The van der Waals surface area contributed by atoms with Crippen LogP contribution >= 0.6 is 35.0 Å². The van der Waals surface area contributed by atoms with Gasteiger partial charge in [-0.1, -0.05) is 41.4 Å². The van der Waals surface area contributed by atoms with E-state index in [1.807, 2.05) is 30.3 Å². The maximum Gasteiger partial charge on any atom is 0.267 e. The second kappa shape index (κ2) is 8.37. The van der Waals surface area contributed by atoms with Crippen molar-refractivity contribution in [2.75, 3.05) is 0 Å². The van der Waals surface area contributed by atoms with E-state index in [0.717, 1.165) is 5.69 Å². The van der Waals surface area contributed by atoms with Crippen molar-refractivity contribution >= 4 is 57.8 Å². The fourth-order valence-electron chi connectivity index (χ4n) is 2.72. The van der Waals surface area contributed by atoms with E-state index in [2.05, 4.69) is 4.99 Å². The van der Waals surface area contributed by atoms with Crippen molar-refractivity contribution in [3.05, 3.63) is 87.1 Å². The zero-order chi connectivity index (χ0) is 20.4. The van der Waals surface area contributed by atoms with E-state index in [9.17, 15) is 9.90 Å². The first-order chi connectivity index (χ1) is 14.0. The molecule has 0 atom stereocenters. The first kappa shape index (κ1) is 19.6. The van der Waals surface area contributed by atoms with Crippen LogP contribution < -0.4 is 0 Å². The Balaban J connectivity index is 1.71. The summed E-state index contributed by atoms with van der Waals surface area (Å²) in [6.45, 7) is 0.263. The van der Waals surface area contributed by atoms with Gasteiger partial charge in [-0.15, -0.1) is 0 Å². The molecule has 2 aromatic carbocycles. The average molecular weight is 445 g/mol. The largest absolute Gasteiger partial charge is 0.505 e. The molecule has 0 unspecified atom stereocenters. The maximum atomic E-state index is 13.1. The summed E-state index contributed by atoms with van der Waals surface area (Å²) in [5.41, 5.74) is 1.34. The summed E-state index contributed by atoms with van der Waals surface area (Å²) in [6.07, 6.45) is 3.24. The third kappa shape index (κ3) is 4.34. The number of amidine groups is 1. The first-order valence-corrected chi connectivity index (χ1v) is 10.1. The van der Waals surface area contributed by atoms with E-state index >= 15 is 0 Å². The lowest BCUT2D eigenvalue weighted by molar-refractivity contribution is -0.122. The number of nitrogens with zero attached hydrogens (tertiary/aromatic N) is 2. The highest BCUT2D eigenvalue weighted by molar-refractivity contribution is 8.18. The molecule has 0 spiro atoms. The van der Waals surface area contributed by atoms with Gasteiger partial charge in [-0.2, -0.15) is 0 Å². The molecule has 3 aromatic rings. The third-order valence-corrected chi connectivity index (χ3v) is 5.68. The number of para-hydroxylation sites is 1. The SMILES string of the molecule is O=C1/C(=C\c2cc(Cl)c(O)c(Cl)c2)SC(=Nc2ccccc2)N1Cc1ccco1. The van der Waals surface area contributed by atoms with E-state index < -0.39 is 0 Å². The third-order valence-electron chi connectivity index (χ3n) is 4.10. The van der Waals surface area contributed by atoms with Crippen molar-refractivity contribution in [1.29, 1.82) is 0 Å². The highest BCUT2D eigenvalue weighted by Crippen LogP contribution is 2.38. The van der Waals surface area contributed by atoms with Crippen molar-refractivity contribution in [2.24, 2.45) is 4.99 Å². The van der Waals surface area contributed by atoms with Crippen molar-refractivity contribution in [1.82, 2.24) is 4.90 Å². The monoisotopic (exact) mass is 444 g/mol.